The lowest BCUT2D eigenvalue weighted by molar-refractivity contribution is 0.0927. The molecule has 104 valence electrons. The summed E-state index contributed by atoms with van der Waals surface area (Å²) in [5.74, 6) is 0.421. The van der Waals surface area contributed by atoms with Gasteiger partial charge in [0.1, 0.15) is 12.4 Å². The van der Waals surface area contributed by atoms with E-state index in [0.717, 1.165) is 11.1 Å². The van der Waals surface area contributed by atoms with E-state index in [1.165, 1.54) is 0 Å². The molecule has 0 aliphatic rings. The van der Waals surface area contributed by atoms with E-state index in [4.69, 9.17) is 14.6 Å². The van der Waals surface area contributed by atoms with E-state index in [9.17, 15) is 4.79 Å². The van der Waals surface area contributed by atoms with Crippen molar-refractivity contribution in [2.24, 2.45) is 0 Å². The fourth-order valence-electron chi connectivity index (χ4n) is 1.70. The third kappa shape index (κ3) is 4.40. The van der Waals surface area contributed by atoms with E-state index in [1.54, 1.807) is 24.3 Å². The molecule has 2 aromatic rings. The van der Waals surface area contributed by atoms with Crippen molar-refractivity contribution >= 4 is 6.16 Å². The van der Waals surface area contributed by atoms with E-state index in [1.807, 2.05) is 30.3 Å². The Morgan fingerprint density at radius 3 is 2.30 bits per heavy atom. The zero-order valence-electron chi connectivity index (χ0n) is 11.0. The molecule has 1 N–H and O–H groups in total. The predicted molar refractivity (Wildman–Crippen MR) is 74.5 cm³/mol. The van der Waals surface area contributed by atoms with Gasteiger partial charge in [0.05, 0.1) is 0 Å². The van der Waals surface area contributed by atoms with Crippen molar-refractivity contribution in [3.8, 4) is 5.75 Å². The highest BCUT2D eigenvalue weighted by Crippen LogP contribution is 2.13. The molecule has 0 aliphatic carbocycles. The van der Waals surface area contributed by atoms with Gasteiger partial charge in [0.25, 0.3) is 0 Å². The number of ether oxygens (including phenoxy) is 2. The number of hydrogen-bond acceptors (Lipinski definition) is 4. The lowest BCUT2D eigenvalue weighted by atomic mass is 10.1. The third-order valence-electron chi connectivity index (χ3n) is 2.72. The monoisotopic (exact) mass is 272 g/mol. The molecule has 0 fully saturated rings. The molecule has 0 aromatic heterocycles. The maximum atomic E-state index is 11.5. The Morgan fingerprint density at radius 2 is 1.65 bits per heavy atom. The van der Waals surface area contributed by atoms with Crippen molar-refractivity contribution in [1.82, 2.24) is 0 Å². The van der Waals surface area contributed by atoms with Crippen LogP contribution in [-0.2, 0) is 17.8 Å². The largest absolute Gasteiger partial charge is 0.514 e. The number of aliphatic hydroxyl groups is 1. The number of hydrogen-bond donors (Lipinski definition) is 1. The van der Waals surface area contributed by atoms with Crippen LogP contribution in [0.1, 0.15) is 11.1 Å². The summed E-state index contributed by atoms with van der Waals surface area (Å²) in [6.07, 6.45) is -0.151. The molecule has 0 radical (unpaired) electrons. The summed E-state index contributed by atoms with van der Waals surface area (Å²) in [6, 6.07) is 16.4. The molecular weight excluding hydrogens is 256 g/mol. The quantitative estimate of drug-likeness (QED) is 0.671. The van der Waals surface area contributed by atoms with Crippen molar-refractivity contribution in [3.63, 3.8) is 0 Å². The molecule has 0 saturated heterocycles. The van der Waals surface area contributed by atoms with Gasteiger partial charge in [-0.2, -0.15) is 0 Å². The molecule has 0 atom stereocenters. The second-order valence-electron chi connectivity index (χ2n) is 4.24. The average Bonchev–Trinajstić information content (AvgIpc) is 2.49. The van der Waals surface area contributed by atoms with Gasteiger partial charge in [0.2, 0.25) is 0 Å². The Kier molecular flexibility index (Phi) is 5.15. The first-order valence-electron chi connectivity index (χ1n) is 6.36. The normalized spacial score (nSPS) is 10.1. The first-order chi connectivity index (χ1) is 9.78. The van der Waals surface area contributed by atoms with Crippen molar-refractivity contribution < 1.29 is 19.4 Å². The zero-order chi connectivity index (χ0) is 14.2. The Labute approximate surface area is 117 Å². The van der Waals surface area contributed by atoms with Gasteiger partial charge in [-0.15, -0.1) is 0 Å². The molecule has 0 heterocycles. The molecular formula is C16H16O4. The van der Waals surface area contributed by atoms with Gasteiger partial charge in [0.15, 0.2) is 0 Å². The van der Waals surface area contributed by atoms with Crippen molar-refractivity contribution in [2.45, 2.75) is 13.0 Å². The van der Waals surface area contributed by atoms with Crippen LogP contribution in [0, 0.1) is 0 Å². The van der Waals surface area contributed by atoms with E-state index in [2.05, 4.69) is 0 Å². The minimum Gasteiger partial charge on any atom is -0.429 e. The summed E-state index contributed by atoms with van der Waals surface area (Å²) < 4.78 is 10.1. The van der Waals surface area contributed by atoms with Crippen LogP contribution >= 0.6 is 0 Å². The Bertz CT molecular complexity index is 534. The minimum atomic E-state index is -0.733. The Balaban J connectivity index is 1.82. The second-order valence-corrected chi connectivity index (χ2v) is 4.24. The number of carbonyl (C=O) groups is 1. The highest BCUT2D eigenvalue weighted by atomic mass is 16.7. The van der Waals surface area contributed by atoms with Crippen LogP contribution < -0.4 is 4.74 Å². The van der Waals surface area contributed by atoms with E-state index < -0.39 is 6.16 Å². The van der Waals surface area contributed by atoms with Crippen molar-refractivity contribution in [3.05, 3.63) is 65.7 Å². The van der Waals surface area contributed by atoms with Crippen LogP contribution in [0.25, 0.3) is 0 Å². The van der Waals surface area contributed by atoms with E-state index >= 15 is 0 Å². The fraction of sp³-hybridized carbons (Fsp3) is 0.188. The van der Waals surface area contributed by atoms with Gasteiger partial charge in [-0.05, 0) is 29.7 Å². The number of rotatable bonds is 5. The lowest BCUT2D eigenvalue weighted by Crippen LogP contribution is -2.10. The summed E-state index contributed by atoms with van der Waals surface area (Å²) in [6.45, 7) is 0.279. The van der Waals surface area contributed by atoms with Gasteiger partial charge >= 0.3 is 6.16 Å². The van der Waals surface area contributed by atoms with Gasteiger partial charge in [0, 0.05) is 6.61 Å². The summed E-state index contributed by atoms with van der Waals surface area (Å²) in [5.41, 5.74) is 1.89. The van der Waals surface area contributed by atoms with Crippen LogP contribution in [0.15, 0.2) is 54.6 Å². The average molecular weight is 272 g/mol. The standard InChI is InChI=1S/C16H16O4/c17-11-10-13-6-8-15(9-7-13)20-16(18)19-12-14-4-2-1-3-5-14/h1-9,17H,10-12H2. The maximum Gasteiger partial charge on any atom is 0.514 e. The fourth-order valence-corrected chi connectivity index (χ4v) is 1.70. The molecule has 0 spiro atoms. The summed E-state index contributed by atoms with van der Waals surface area (Å²) in [5, 5.41) is 8.81. The van der Waals surface area contributed by atoms with Crippen LogP contribution in [0.5, 0.6) is 5.75 Å². The summed E-state index contributed by atoms with van der Waals surface area (Å²) >= 11 is 0. The molecule has 4 heteroatoms. The Hall–Kier alpha value is -2.33. The number of carbonyl (C=O) groups excluding carboxylic acids is 1. The van der Waals surface area contributed by atoms with Gasteiger partial charge in [-0.25, -0.2) is 4.79 Å². The van der Waals surface area contributed by atoms with Crippen molar-refractivity contribution in [1.29, 1.82) is 0 Å². The summed E-state index contributed by atoms with van der Waals surface area (Å²) in [7, 11) is 0. The molecule has 20 heavy (non-hydrogen) atoms. The van der Waals surface area contributed by atoms with E-state index in [-0.39, 0.29) is 13.2 Å². The molecule has 0 unspecified atom stereocenters. The van der Waals surface area contributed by atoms with Gasteiger partial charge < -0.3 is 14.6 Å². The molecule has 2 aromatic carbocycles. The van der Waals surface area contributed by atoms with Gasteiger partial charge in [-0.3, -0.25) is 0 Å². The number of benzene rings is 2. The zero-order valence-corrected chi connectivity index (χ0v) is 11.0. The number of aliphatic hydroxyl groups excluding tert-OH is 1. The molecule has 2 rings (SSSR count). The lowest BCUT2D eigenvalue weighted by Gasteiger charge is -2.06. The smallest absolute Gasteiger partial charge is 0.429 e. The molecule has 0 bridgehead atoms. The Morgan fingerprint density at radius 1 is 0.950 bits per heavy atom. The molecule has 0 saturated carbocycles. The molecule has 0 aliphatic heterocycles. The van der Waals surface area contributed by atoms with Crippen LogP contribution in [0.3, 0.4) is 0 Å². The van der Waals surface area contributed by atoms with E-state index in [0.29, 0.717) is 12.2 Å². The maximum absolute atomic E-state index is 11.5. The molecule has 0 amide bonds. The van der Waals surface area contributed by atoms with Crippen LogP contribution in [0.2, 0.25) is 0 Å². The SMILES string of the molecule is O=C(OCc1ccccc1)Oc1ccc(CCO)cc1. The van der Waals surface area contributed by atoms with Gasteiger partial charge in [-0.1, -0.05) is 42.5 Å². The first kappa shape index (κ1) is 14.1. The molecule has 4 nitrogen and oxygen atoms in total. The van der Waals surface area contributed by atoms with Crippen molar-refractivity contribution in [2.75, 3.05) is 6.61 Å². The third-order valence-corrected chi connectivity index (χ3v) is 2.72. The first-order valence-corrected chi connectivity index (χ1v) is 6.36. The van der Waals surface area contributed by atoms with Crippen LogP contribution in [0.4, 0.5) is 4.79 Å². The summed E-state index contributed by atoms with van der Waals surface area (Å²) in [4.78, 5) is 11.5. The highest BCUT2D eigenvalue weighted by Gasteiger charge is 2.06. The van der Waals surface area contributed by atoms with Crippen LogP contribution in [-0.4, -0.2) is 17.9 Å². The topological polar surface area (TPSA) is 55.8 Å². The minimum absolute atomic E-state index is 0.0965. The second kappa shape index (κ2) is 7.31. The predicted octanol–water partition coefficient (Wildman–Crippen LogP) is 2.94. The highest BCUT2D eigenvalue weighted by molar-refractivity contribution is 5.63.